The summed E-state index contributed by atoms with van der Waals surface area (Å²) in [6.07, 6.45) is 0. The van der Waals surface area contributed by atoms with E-state index in [2.05, 4.69) is 16.0 Å². The number of hydrogen-bond donors (Lipinski definition) is 3. The summed E-state index contributed by atoms with van der Waals surface area (Å²) in [5.74, 6) is 0.676. The third kappa shape index (κ3) is 6.92. The molecular formula is C30H27N3O6. The molecule has 3 amide bonds. The minimum Gasteiger partial charge on any atom is -0.497 e. The molecule has 0 fully saturated rings. The summed E-state index contributed by atoms with van der Waals surface area (Å²) in [6, 6.07) is 24.7. The van der Waals surface area contributed by atoms with Crippen LogP contribution in [0.2, 0.25) is 0 Å². The van der Waals surface area contributed by atoms with Gasteiger partial charge in [0.05, 0.1) is 21.3 Å². The van der Waals surface area contributed by atoms with Crippen molar-refractivity contribution in [2.75, 3.05) is 37.3 Å². The molecule has 3 N–H and O–H groups in total. The van der Waals surface area contributed by atoms with Crippen molar-refractivity contribution in [2.24, 2.45) is 0 Å². The first kappa shape index (κ1) is 26.7. The summed E-state index contributed by atoms with van der Waals surface area (Å²) in [6.45, 7) is 0. The summed E-state index contributed by atoms with van der Waals surface area (Å²) in [5, 5.41) is 8.40. The van der Waals surface area contributed by atoms with Crippen LogP contribution in [0.1, 0.15) is 31.1 Å². The molecule has 0 bridgehead atoms. The second-order valence-electron chi connectivity index (χ2n) is 8.35. The number of amides is 3. The zero-order valence-electron chi connectivity index (χ0n) is 21.6. The van der Waals surface area contributed by atoms with Gasteiger partial charge in [-0.2, -0.15) is 0 Å². The van der Waals surface area contributed by atoms with Crippen molar-refractivity contribution in [1.82, 2.24) is 0 Å². The highest BCUT2D eigenvalue weighted by molar-refractivity contribution is 6.10. The maximum Gasteiger partial charge on any atom is 0.255 e. The molecule has 4 aromatic rings. The van der Waals surface area contributed by atoms with Gasteiger partial charge < -0.3 is 30.2 Å². The predicted octanol–water partition coefficient (Wildman–Crippen LogP) is 5.47. The van der Waals surface area contributed by atoms with Crippen LogP contribution in [-0.2, 0) is 0 Å². The van der Waals surface area contributed by atoms with Crippen molar-refractivity contribution < 1.29 is 28.6 Å². The van der Waals surface area contributed by atoms with Crippen LogP contribution in [0.15, 0.2) is 91.0 Å². The van der Waals surface area contributed by atoms with E-state index in [4.69, 9.17) is 14.2 Å². The van der Waals surface area contributed by atoms with Gasteiger partial charge in [0.2, 0.25) is 0 Å². The van der Waals surface area contributed by atoms with E-state index in [-0.39, 0.29) is 5.56 Å². The smallest absolute Gasteiger partial charge is 0.255 e. The van der Waals surface area contributed by atoms with Crippen LogP contribution < -0.4 is 30.2 Å². The van der Waals surface area contributed by atoms with E-state index in [1.807, 2.05) is 0 Å². The van der Waals surface area contributed by atoms with Crippen LogP contribution in [0.4, 0.5) is 17.1 Å². The number of rotatable bonds is 9. The Hall–Kier alpha value is -5.31. The molecule has 0 spiro atoms. The highest BCUT2D eigenvalue weighted by atomic mass is 16.5. The predicted molar refractivity (Wildman–Crippen MR) is 149 cm³/mol. The first-order chi connectivity index (χ1) is 18.9. The van der Waals surface area contributed by atoms with Crippen LogP contribution in [0.5, 0.6) is 17.2 Å². The number of hydrogen-bond acceptors (Lipinski definition) is 6. The minimum absolute atomic E-state index is 0.225. The van der Waals surface area contributed by atoms with Gasteiger partial charge in [0.15, 0.2) is 0 Å². The van der Waals surface area contributed by atoms with Crippen molar-refractivity contribution in [3.63, 3.8) is 0 Å². The monoisotopic (exact) mass is 525 g/mol. The second kappa shape index (κ2) is 12.3. The number of methoxy groups -OCH3 is 3. The number of carbonyl (C=O) groups excluding carboxylic acids is 3. The quantitative estimate of drug-likeness (QED) is 0.267. The van der Waals surface area contributed by atoms with E-state index < -0.39 is 17.7 Å². The number of benzene rings is 4. The first-order valence-electron chi connectivity index (χ1n) is 11.9. The molecule has 0 atom stereocenters. The molecule has 0 aliphatic carbocycles. The SMILES string of the molecule is COc1ccc(NC(=O)c2cc(NC(=O)c3ccc(OC)cc3)cc(NC(=O)c3ccc(OC)cc3)c2)cc1. The van der Waals surface area contributed by atoms with Gasteiger partial charge in [-0.05, 0) is 91.0 Å². The van der Waals surface area contributed by atoms with Crippen LogP contribution >= 0.6 is 0 Å². The fourth-order valence-corrected chi connectivity index (χ4v) is 3.67. The third-order valence-corrected chi connectivity index (χ3v) is 5.76. The lowest BCUT2D eigenvalue weighted by Crippen LogP contribution is -2.17. The lowest BCUT2D eigenvalue weighted by molar-refractivity contribution is 0.101. The summed E-state index contributed by atoms with van der Waals surface area (Å²) < 4.78 is 15.4. The topological polar surface area (TPSA) is 115 Å². The molecule has 0 radical (unpaired) electrons. The van der Waals surface area contributed by atoms with Gasteiger partial charge in [-0.1, -0.05) is 0 Å². The fraction of sp³-hybridized carbons (Fsp3) is 0.100. The maximum atomic E-state index is 13.1. The Morgan fingerprint density at radius 1 is 0.436 bits per heavy atom. The molecule has 198 valence electrons. The zero-order chi connectivity index (χ0) is 27.8. The van der Waals surface area contributed by atoms with Crippen LogP contribution in [0, 0.1) is 0 Å². The molecular weight excluding hydrogens is 498 g/mol. The van der Waals surface area contributed by atoms with Gasteiger partial charge in [0, 0.05) is 33.8 Å². The lowest BCUT2D eigenvalue weighted by Gasteiger charge is -2.13. The summed E-state index contributed by atoms with van der Waals surface area (Å²) in [7, 11) is 4.64. The van der Waals surface area contributed by atoms with Crippen LogP contribution in [0.25, 0.3) is 0 Å². The number of ether oxygens (including phenoxy) is 3. The standard InChI is InChI=1S/C30H27N3O6/c1-37-25-10-4-19(5-11-25)28(34)32-23-16-21(30(36)31-22-8-14-27(39-3)15-9-22)17-24(18-23)33-29(35)20-6-12-26(38-2)13-7-20/h4-18H,1-3H3,(H,31,36)(H,32,34)(H,33,35). The van der Waals surface area contributed by atoms with E-state index in [1.165, 1.54) is 12.1 Å². The Morgan fingerprint density at radius 3 is 1.15 bits per heavy atom. The molecule has 0 saturated heterocycles. The van der Waals surface area contributed by atoms with Gasteiger partial charge in [-0.15, -0.1) is 0 Å². The minimum atomic E-state index is -0.430. The van der Waals surface area contributed by atoms with Gasteiger partial charge in [0.25, 0.3) is 17.7 Å². The summed E-state index contributed by atoms with van der Waals surface area (Å²) in [5.41, 5.74) is 2.22. The molecule has 0 aliphatic rings. The Morgan fingerprint density at radius 2 is 0.769 bits per heavy atom. The Bertz CT molecular complexity index is 1390. The zero-order valence-corrected chi connectivity index (χ0v) is 21.6. The molecule has 0 aromatic heterocycles. The van der Waals surface area contributed by atoms with Gasteiger partial charge in [-0.25, -0.2) is 0 Å². The van der Waals surface area contributed by atoms with E-state index in [0.717, 1.165) is 0 Å². The number of anilines is 3. The molecule has 9 heteroatoms. The van der Waals surface area contributed by atoms with E-state index in [0.29, 0.717) is 45.4 Å². The molecule has 4 aromatic carbocycles. The van der Waals surface area contributed by atoms with Crippen molar-refractivity contribution in [2.45, 2.75) is 0 Å². The van der Waals surface area contributed by atoms with Crippen molar-refractivity contribution in [3.05, 3.63) is 108 Å². The van der Waals surface area contributed by atoms with E-state index >= 15 is 0 Å². The Labute approximate surface area is 225 Å². The first-order valence-corrected chi connectivity index (χ1v) is 11.9. The lowest BCUT2D eigenvalue weighted by atomic mass is 10.1. The van der Waals surface area contributed by atoms with Gasteiger partial charge in [-0.3, -0.25) is 14.4 Å². The van der Waals surface area contributed by atoms with Crippen molar-refractivity contribution in [3.8, 4) is 17.2 Å². The normalized spacial score (nSPS) is 10.2. The van der Waals surface area contributed by atoms with Crippen molar-refractivity contribution in [1.29, 1.82) is 0 Å². The van der Waals surface area contributed by atoms with E-state index in [9.17, 15) is 14.4 Å². The van der Waals surface area contributed by atoms with Crippen LogP contribution in [0.3, 0.4) is 0 Å². The molecule has 0 saturated carbocycles. The molecule has 0 aliphatic heterocycles. The van der Waals surface area contributed by atoms with Crippen molar-refractivity contribution >= 4 is 34.8 Å². The van der Waals surface area contributed by atoms with Crippen LogP contribution in [-0.4, -0.2) is 39.1 Å². The highest BCUT2D eigenvalue weighted by Gasteiger charge is 2.15. The Balaban J connectivity index is 1.60. The highest BCUT2D eigenvalue weighted by Crippen LogP contribution is 2.23. The van der Waals surface area contributed by atoms with Gasteiger partial charge in [0.1, 0.15) is 17.2 Å². The molecule has 39 heavy (non-hydrogen) atoms. The number of carbonyl (C=O) groups is 3. The largest absolute Gasteiger partial charge is 0.497 e. The maximum absolute atomic E-state index is 13.1. The average Bonchev–Trinajstić information content (AvgIpc) is 2.97. The molecule has 0 heterocycles. The molecule has 4 rings (SSSR count). The second-order valence-corrected chi connectivity index (χ2v) is 8.35. The summed E-state index contributed by atoms with van der Waals surface area (Å²) in [4.78, 5) is 38.9. The number of nitrogens with one attached hydrogen (secondary N) is 3. The molecule has 0 unspecified atom stereocenters. The molecule has 9 nitrogen and oxygen atoms in total. The Kier molecular flexibility index (Phi) is 8.43. The average molecular weight is 526 g/mol. The summed E-state index contributed by atoms with van der Waals surface area (Å²) >= 11 is 0. The van der Waals surface area contributed by atoms with E-state index in [1.54, 1.807) is 100 Å². The fourth-order valence-electron chi connectivity index (χ4n) is 3.67. The third-order valence-electron chi connectivity index (χ3n) is 5.76. The van der Waals surface area contributed by atoms with Gasteiger partial charge >= 0.3 is 0 Å².